The molecule has 0 saturated heterocycles. The monoisotopic (exact) mass is 464 g/mol. The SMILES string of the molecule is CC(C)COc1ccc(CNC(=O)CSCC(=O)Nc2cccc(Br)c2)cc1. The number of rotatable bonds is 10. The third kappa shape index (κ3) is 8.80. The second-order valence-electron chi connectivity index (χ2n) is 6.68. The number of halogens is 1. The minimum atomic E-state index is -0.132. The summed E-state index contributed by atoms with van der Waals surface area (Å²) < 4.78 is 6.54. The van der Waals surface area contributed by atoms with Crippen molar-refractivity contribution >= 4 is 45.2 Å². The summed E-state index contributed by atoms with van der Waals surface area (Å²) in [6, 6.07) is 15.1. The predicted molar refractivity (Wildman–Crippen MR) is 119 cm³/mol. The number of benzene rings is 2. The van der Waals surface area contributed by atoms with Crippen LogP contribution in [-0.4, -0.2) is 29.9 Å². The Morgan fingerprint density at radius 2 is 1.79 bits per heavy atom. The predicted octanol–water partition coefficient (Wildman–Crippen LogP) is 4.47. The molecule has 2 aromatic rings. The van der Waals surface area contributed by atoms with Crippen molar-refractivity contribution in [2.75, 3.05) is 23.4 Å². The fourth-order valence-corrected chi connectivity index (χ4v) is 3.26. The zero-order valence-electron chi connectivity index (χ0n) is 16.0. The third-order valence-corrected chi connectivity index (χ3v) is 5.00. The van der Waals surface area contributed by atoms with Gasteiger partial charge in [0, 0.05) is 16.7 Å². The summed E-state index contributed by atoms with van der Waals surface area (Å²) in [5.41, 5.74) is 1.73. The Morgan fingerprint density at radius 3 is 2.46 bits per heavy atom. The summed E-state index contributed by atoms with van der Waals surface area (Å²) in [7, 11) is 0. The van der Waals surface area contributed by atoms with Gasteiger partial charge in [-0.25, -0.2) is 0 Å². The van der Waals surface area contributed by atoms with Crippen LogP contribution in [0.3, 0.4) is 0 Å². The molecule has 0 bridgehead atoms. The van der Waals surface area contributed by atoms with Gasteiger partial charge in [-0.3, -0.25) is 9.59 Å². The summed E-state index contributed by atoms with van der Waals surface area (Å²) in [5, 5.41) is 5.66. The fourth-order valence-electron chi connectivity index (χ4n) is 2.22. The van der Waals surface area contributed by atoms with Crippen LogP contribution in [0.4, 0.5) is 5.69 Å². The van der Waals surface area contributed by atoms with Gasteiger partial charge in [0.1, 0.15) is 5.75 Å². The van der Waals surface area contributed by atoms with Gasteiger partial charge in [-0.1, -0.05) is 48.0 Å². The first-order valence-electron chi connectivity index (χ1n) is 9.04. The molecule has 0 aromatic heterocycles. The van der Waals surface area contributed by atoms with E-state index in [0.717, 1.165) is 21.5 Å². The van der Waals surface area contributed by atoms with Crippen LogP contribution in [0.2, 0.25) is 0 Å². The minimum Gasteiger partial charge on any atom is -0.493 e. The lowest BCUT2D eigenvalue weighted by atomic mass is 10.2. The standard InChI is InChI=1S/C21H25BrN2O3S/c1-15(2)12-27-19-8-6-16(7-9-19)11-23-20(25)13-28-14-21(26)24-18-5-3-4-17(22)10-18/h3-10,15H,11-14H2,1-2H3,(H,23,25)(H,24,26). The van der Waals surface area contributed by atoms with E-state index in [1.807, 2.05) is 48.5 Å². The first-order valence-corrected chi connectivity index (χ1v) is 11.0. The molecule has 0 aliphatic rings. The average Bonchev–Trinajstić information content (AvgIpc) is 2.65. The van der Waals surface area contributed by atoms with Gasteiger partial charge in [0.25, 0.3) is 0 Å². The van der Waals surface area contributed by atoms with Crippen molar-refractivity contribution in [2.24, 2.45) is 5.92 Å². The Balaban J connectivity index is 1.63. The van der Waals surface area contributed by atoms with Crippen LogP contribution in [0.15, 0.2) is 53.0 Å². The number of hydrogen-bond donors (Lipinski definition) is 2. The van der Waals surface area contributed by atoms with E-state index < -0.39 is 0 Å². The molecule has 0 atom stereocenters. The third-order valence-electron chi connectivity index (χ3n) is 3.57. The highest BCUT2D eigenvalue weighted by Crippen LogP contribution is 2.16. The van der Waals surface area contributed by atoms with E-state index in [9.17, 15) is 9.59 Å². The molecule has 7 heteroatoms. The molecule has 0 spiro atoms. The van der Waals surface area contributed by atoms with Crippen LogP contribution in [0.25, 0.3) is 0 Å². The van der Waals surface area contributed by atoms with Crippen molar-refractivity contribution in [1.82, 2.24) is 5.32 Å². The number of carbonyl (C=O) groups is 2. The number of nitrogens with one attached hydrogen (secondary N) is 2. The highest BCUT2D eigenvalue weighted by Gasteiger charge is 2.07. The molecule has 0 aliphatic heterocycles. The lowest BCUT2D eigenvalue weighted by Crippen LogP contribution is -2.25. The van der Waals surface area contributed by atoms with Crippen LogP contribution in [-0.2, 0) is 16.1 Å². The average molecular weight is 465 g/mol. The number of ether oxygens (including phenoxy) is 1. The van der Waals surface area contributed by atoms with Gasteiger partial charge < -0.3 is 15.4 Å². The lowest BCUT2D eigenvalue weighted by molar-refractivity contribution is -0.118. The molecule has 2 amide bonds. The maximum atomic E-state index is 12.0. The number of hydrogen-bond acceptors (Lipinski definition) is 4. The molecule has 0 radical (unpaired) electrons. The van der Waals surface area contributed by atoms with Crippen LogP contribution in [0.5, 0.6) is 5.75 Å². The Bertz CT molecular complexity index is 781. The minimum absolute atomic E-state index is 0.0969. The molecule has 2 rings (SSSR count). The van der Waals surface area contributed by atoms with Crippen molar-refractivity contribution in [3.05, 3.63) is 58.6 Å². The highest BCUT2D eigenvalue weighted by atomic mass is 79.9. The Labute approximate surface area is 178 Å². The van der Waals surface area contributed by atoms with Gasteiger partial charge in [-0.2, -0.15) is 0 Å². The van der Waals surface area contributed by atoms with E-state index in [4.69, 9.17) is 4.74 Å². The number of carbonyl (C=O) groups excluding carboxylic acids is 2. The van der Waals surface area contributed by atoms with Crippen LogP contribution >= 0.6 is 27.7 Å². The molecule has 0 unspecified atom stereocenters. The second kappa shape index (κ2) is 11.8. The van der Waals surface area contributed by atoms with Crippen molar-refractivity contribution in [2.45, 2.75) is 20.4 Å². The zero-order valence-corrected chi connectivity index (χ0v) is 18.4. The quantitative estimate of drug-likeness (QED) is 0.544. The van der Waals surface area contributed by atoms with Gasteiger partial charge in [-0.05, 0) is 41.8 Å². The van der Waals surface area contributed by atoms with E-state index in [1.54, 1.807) is 0 Å². The first kappa shape index (κ1) is 22.3. The molecular formula is C21H25BrN2O3S. The summed E-state index contributed by atoms with van der Waals surface area (Å²) >= 11 is 4.65. The molecule has 5 nitrogen and oxygen atoms in total. The number of amides is 2. The van der Waals surface area contributed by atoms with Gasteiger partial charge in [0.2, 0.25) is 11.8 Å². The number of anilines is 1. The van der Waals surface area contributed by atoms with Crippen LogP contribution in [0, 0.1) is 5.92 Å². The summed E-state index contributed by atoms with van der Waals surface area (Å²) in [5.74, 6) is 1.54. The number of thioether (sulfide) groups is 1. The van der Waals surface area contributed by atoms with Crippen molar-refractivity contribution in [1.29, 1.82) is 0 Å². The maximum absolute atomic E-state index is 12.0. The van der Waals surface area contributed by atoms with E-state index in [-0.39, 0.29) is 23.3 Å². The largest absolute Gasteiger partial charge is 0.493 e. The van der Waals surface area contributed by atoms with Crippen LogP contribution < -0.4 is 15.4 Å². The van der Waals surface area contributed by atoms with Gasteiger partial charge in [0.05, 0.1) is 18.1 Å². The molecular weight excluding hydrogens is 440 g/mol. The Morgan fingerprint density at radius 1 is 1.07 bits per heavy atom. The normalized spacial score (nSPS) is 10.6. The highest BCUT2D eigenvalue weighted by molar-refractivity contribution is 9.10. The summed E-state index contributed by atoms with van der Waals surface area (Å²) in [6.07, 6.45) is 0. The second-order valence-corrected chi connectivity index (χ2v) is 8.58. The van der Waals surface area contributed by atoms with E-state index in [1.165, 1.54) is 11.8 Å². The van der Waals surface area contributed by atoms with Crippen LogP contribution in [0.1, 0.15) is 19.4 Å². The van der Waals surface area contributed by atoms with Gasteiger partial charge >= 0.3 is 0 Å². The summed E-state index contributed by atoms with van der Waals surface area (Å²) in [6.45, 7) is 5.34. The van der Waals surface area contributed by atoms with Gasteiger partial charge in [0.15, 0.2) is 0 Å². The molecule has 28 heavy (non-hydrogen) atoms. The maximum Gasteiger partial charge on any atom is 0.234 e. The Hall–Kier alpha value is -1.99. The Kier molecular flexibility index (Phi) is 9.37. The zero-order chi connectivity index (χ0) is 20.4. The topological polar surface area (TPSA) is 67.4 Å². The molecule has 0 fully saturated rings. The molecule has 2 N–H and O–H groups in total. The molecule has 0 saturated carbocycles. The molecule has 0 aliphatic carbocycles. The van der Waals surface area contributed by atoms with Crippen molar-refractivity contribution < 1.29 is 14.3 Å². The van der Waals surface area contributed by atoms with Crippen molar-refractivity contribution in [3.8, 4) is 5.75 Å². The first-order chi connectivity index (χ1) is 13.4. The summed E-state index contributed by atoms with van der Waals surface area (Å²) in [4.78, 5) is 23.9. The van der Waals surface area contributed by atoms with E-state index >= 15 is 0 Å². The van der Waals surface area contributed by atoms with Gasteiger partial charge in [-0.15, -0.1) is 11.8 Å². The van der Waals surface area contributed by atoms with Crippen molar-refractivity contribution in [3.63, 3.8) is 0 Å². The fraction of sp³-hybridized carbons (Fsp3) is 0.333. The van der Waals surface area contributed by atoms with E-state index in [0.29, 0.717) is 19.1 Å². The lowest BCUT2D eigenvalue weighted by Gasteiger charge is -2.10. The smallest absolute Gasteiger partial charge is 0.234 e. The molecule has 150 valence electrons. The molecule has 0 heterocycles. The molecule has 2 aromatic carbocycles. The van der Waals surface area contributed by atoms with E-state index in [2.05, 4.69) is 40.4 Å².